The Balaban J connectivity index is 1.22. The standard InChI is InChI=1S/C27H25FN4O/c28-25-6-3-7-26(24(25)18-29)30-14-16-31(17-15-30)27(33)21-8-10-23(11-9-21)32-13-12-20-4-1-2-5-22(20)19-32/h1-11H,12-17,19H2. The fourth-order valence-electron chi connectivity index (χ4n) is 4.75. The van der Waals surface area contributed by atoms with E-state index in [1.165, 1.54) is 17.2 Å². The average Bonchev–Trinajstić information content (AvgIpc) is 2.88. The van der Waals surface area contributed by atoms with E-state index in [2.05, 4.69) is 29.2 Å². The van der Waals surface area contributed by atoms with E-state index in [1.54, 1.807) is 12.1 Å². The van der Waals surface area contributed by atoms with Gasteiger partial charge in [-0.3, -0.25) is 4.79 Å². The highest BCUT2D eigenvalue weighted by molar-refractivity contribution is 5.94. The van der Waals surface area contributed by atoms with Crippen LogP contribution >= 0.6 is 0 Å². The Hall–Kier alpha value is -3.85. The third kappa shape index (κ3) is 4.14. The van der Waals surface area contributed by atoms with Crippen LogP contribution in [0.25, 0.3) is 0 Å². The van der Waals surface area contributed by atoms with Crippen LogP contribution in [0.2, 0.25) is 0 Å². The quantitative estimate of drug-likeness (QED) is 0.612. The lowest BCUT2D eigenvalue weighted by Crippen LogP contribution is -2.49. The lowest BCUT2D eigenvalue weighted by Gasteiger charge is -2.36. The number of hydrogen-bond donors (Lipinski definition) is 0. The number of rotatable bonds is 3. The molecule has 0 spiro atoms. The molecule has 0 saturated carbocycles. The van der Waals surface area contributed by atoms with Crippen LogP contribution in [0.3, 0.4) is 0 Å². The number of halogens is 1. The van der Waals surface area contributed by atoms with E-state index < -0.39 is 5.82 Å². The largest absolute Gasteiger partial charge is 0.367 e. The summed E-state index contributed by atoms with van der Waals surface area (Å²) < 4.78 is 14.0. The van der Waals surface area contributed by atoms with Crippen LogP contribution in [0.1, 0.15) is 27.0 Å². The van der Waals surface area contributed by atoms with Gasteiger partial charge in [-0.15, -0.1) is 0 Å². The summed E-state index contributed by atoms with van der Waals surface area (Å²) in [6.07, 6.45) is 1.03. The van der Waals surface area contributed by atoms with Crippen molar-refractivity contribution in [1.82, 2.24) is 4.90 Å². The number of fused-ring (bicyclic) bond motifs is 1. The van der Waals surface area contributed by atoms with Crippen LogP contribution in [0, 0.1) is 17.1 Å². The molecule has 6 heteroatoms. The Kier molecular flexibility index (Phi) is 5.70. The van der Waals surface area contributed by atoms with Crippen molar-refractivity contribution in [3.63, 3.8) is 0 Å². The summed E-state index contributed by atoms with van der Waals surface area (Å²) in [6, 6.07) is 23.1. The lowest BCUT2D eigenvalue weighted by atomic mass is 9.99. The van der Waals surface area contributed by atoms with Crippen molar-refractivity contribution in [2.75, 3.05) is 42.5 Å². The van der Waals surface area contributed by atoms with Gasteiger partial charge < -0.3 is 14.7 Å². The zero-order valence-corrected chi connectivity index (χ0v) is 18.4. The molecule has 5 rings (SSSR count). The molecule has 5 nitrogen and oxygen atoms in total. The highest BCUT2D eigenvalue weighted by atomic mass is 19.1. The van der Waals surface area contributed by atoms with E-state index in [4.69, 9.17) is 0 Å². The lowest BCUT2D eigenvalue weighted by molar-refractivity contribution is 0.0747. The molecule has 33 heavy (non-hydrogen) atoms. The monoisotopic (exact) mass is 440 g/mol. The fraction of sp³-hybridized carbons (Fsp3) is 0.259. The first-order valence-electron chi connectivity index (χ1n) is 11.3. The molecular formula is C27H25FN4O. The highest BCUT2D eigenvalue weighted by Gasteiger charge is 2.25. The number of piperazine rings is 1. The minimum absolute atomic E-state index is 0.00457. The van der Waals surface area contributed by atoms with Crippen molar-refractivity contribution in [3.05, 3.63) is 94.8 Å². The second-order valence-electron chi connectivity index (χ2n) is 8.51. The Morgan fingerprint density at radius 1 is 0.818 bits per heavy atom. The van der Waals surface area contributed by atoms with Gasteiger partial charge in [0.15, 0.2) is 0 Å². The third-order valence-electron chi connectivity index (χ3n) is 6.62. The van der Waals surface area contributed by atoms with E-state index >= 15 is 0 Å². The van der Waals surface area contributed by atoms with Gasteiger partial charge in [0.2, 0.25) is 0 Å². The summed E-state index contributed by atoms with van der Waals surface area (Å²) in [7, 11) is 0. The summed E-state index contributed by atoms with van der Waals surface area (Å²) in [5.41, 5.74) is 5.23. The summed E-state index contributed by atoms with van der Waals surface area (Å²) in [5, 5.41) is 9.30. The van der Waals surface area contributed by atoms with Crippen LogP contribution in [-0.4, -0.2) is 43.5 Å². The van der Waals surface area contributed by atoms with Gasteiger partial charge in [0, 0.05) is 50.5 Å². The van der Waals surface area contributed by atoms with Crippen LogP contribution in [0.5, 0.6) is 0 Å². The van der Waals surface area contributed by atoms with Gasteiger partial charge in [-0.05, 0) is 53.9 Å². The number of carbonyl (C=O) groups excluding carboxylic acids is 1. The Labute approximate surface area is 193 Å². The van der Waals surface area contributed by atoms with Gasteiger partial charge in [0.05, 0.1) is 5.69 Å². The molecular weight excluding hydrogens is 415 g/mol. The zero-order valence-electron chi connectivity index (χ0n) is 18.4. The van der Waals surface area contributed by atoms with Crippen molar-refractivity contribution in [2.24, 2.45) is 0 Å². The molecule has 0 aliphatic carbocycles. The fourth-order valence-corrected chi connectivity index (χ4v) is 4.75. The highest BCUT2D eigenvalue weighted by Crippen LogP contribution is 2.26. The molecule has 1 saturated heterocycles. The first-order chi connectivity index (χ1) is 16.1. The van der Waals surface area contributed by atoms with E-state index in [0.29, 0.717) is 37.4 Å². The average molecular weight is 441 g/mol. The second kappa shape index (κ2) is 8.95. The number of amides is 1. The van der Waals surface area contributed by atoms with Gasteiger partial charge in [0.25, 0.3) is 5.91 Å². The van der Waals surface area contributed by atoms with Crippen molar-refractivity contribution >= 4 is 17.3 Å². The smallest absolute Gasteiger partial charge is 0.253 e. The van der Waals surface area contributed by atoms with Gasteiger partial charge in [0.1, 0.15) is 17.4 Å². The molecule has 0 aromatic heterocycles. The molecule has 0 atom stereocenters. The molecule has 3 aromatic rings. The minimum Gasteiger partial charge on any atom is -0.367 e. The van der Waals surface area contributed by atoms with E-state index in [0.717, 1.165) is 25.2 Å². The number of anilines is 2. The Bertz CT molecular complexity index is 1210. The van der Waals surface area contributed by atoms with Crippen LogP contribution in [0.15, 0.2) is 66.7 Å². The number of nitriles is 1. The van der Waals surface area contributed by atoms with Gasteiger partial charge >= 0.3 is 0 Å². The number of benzene rings is 3. The zero-order chi connectivity index (χ0) is 22.8. The second-order valence-corrected chi connectivity index (χ2v) is 8.51. The molecule has 1 fully saturated rings. The minimum atomic E-state index is -0.509. The van der Waals surface area contributed by atoms with Crippen molar-refractivity contribution in [2.45, 2.75) is 13.0 Å². The van der Waals surface area contributed by atoms with Crippen molar-refractivity contribution in [1.29, 1.82) is 5.26 Å². The maximum absolute atomic E-state index is 14.0. The van der Waals surface area contributed by atoms with Gasteiger partial charge in [-0.2, -0.15) is 5.26 Å². The summed E-state index contributed by atoms with van der Waals surface area (Å²) >= 11 is 0. The topological polar surface area (TPSA) is 50.6 Å². The third-order valence-corrected chi connectivity index (χ3v) is 6.62. The Morgan fingerprint density at radius 3 is 2.27 bits per heavy atom. The number of carbonyl (C=O) groups is 1. The normalized spacial score (nSPS) is 15.7. The predicted octanol–water partition coefficient (Wildman–Crippen LogP) is 4.22. The van der Waals surface area contributed by atoms with E-state index in [1.807, 2.05) is 40.1 Å². The number of nitrogens with zero attached hydrogens (tertiary/aromatic N) is 4. The van der Waals surface area contributed by atoms with Gasteiger partial charge in [-0.1, -0.05) is 30.3 Å². The molecule has 166 valence electrons. The molecule has 3 aromatic carbocycles. The molecule has 1 amide bonds. The Morgan fingerprint density at radius 2 is 1.55 bits per heavy atom. The molecule has 2 aliphatic heterocycles. The first-order valence-corrected chi connectivity index (χ1v) is 11.3. The SMILES string of the molecule is N#Cc1c(F)cccc1N1CCN(C(=O)c2ccc(N3CCc4ccccc4C3)cc2)CC1. The predicted molar refractivity (Wildman–Crippen MR) is 127 cm³/mol. The van der Waals surface area contributed by atoms with Crippen LogP contribution < -0.4 is 9.80 Å². The molecule has 0 unspecified atom stereocenters. The maximum atomic E-state index is 14.0. The van der Waals surface area contributed by atoms with Crippen molar-refractivity contribution < 1.29 is 9.18 Å². The molecule has 0 bridgehead atoms. The molecule has 0 radical (unpaired) electrons. The summed E-state index contributed by atoms with van der Waals surface area (Å²) in [4.78, 5) is 19.2. The molecule has 2 aliphatic rings. The van der Waals surface area contributed by atoms with Crippen LogP contribution in [-0.2, 0) is 13.0 Å². The number of hydrogen-bond acceptors (Lipinski definition) is 4. The first kappa shape index (κ1) is 21.0. The summed E-state index contributed by atoms with van der Waals surface area (Å²) in [5.74, 6) is -0.504. The van der Waals surface area contributed by atoms with Gasteiger partial charge in [-0.25, -0.2) is 4.39 Å². The van der Waals surface area contributed by atoms with E-state index in [-0.39, 0.29) is 11.5 Å². The van der Waals surface area contributed by atoms with Crippen LogP contribution in [0.4, 0.5) is 15.8 Å². The summed E-state index contributed by atoms with van der Waals surface area (Å²) in [6.45, 7) is 4.05. The maximum Gasteiger partial charge on any atom is 0.253 e. The van der Waals surface area contributed by atoms with Crippen molar-refractivity contribution in [3.8, 4) is 6.07 Å². The molecule has 0 N–H and O–H groups in total. The van der Waals surface area contributed by atoms with E-state index in [9.17, 15) is 14.4 Å². The molecule has 2 heterocycles.